The molecule has 1 aromatic heterocycles. The highest BCUT2D eigenvalue weighted by atomic mass is 32.1. The number of rotatable bonds is 3. The van der Waals surface area contributed by atoms with Gasteiger partial charge >= 0.3 is 5.97 Å². The number of aromatic carboxylic acids is 1. The first-order valence-corrected chi connectivity index (χ1v) is 7.15. The molecule has 0 saturated carbocycles. The Morgan fingerprint density at radius 1 is 1.42 bits per heavy atom. The minimum Gasteiger partial charge on any atom is -0.476 e. The smallest absolute Gasteiger partial charge is 0.355 e. The predicted octanol–water partition coefficient (Wildman–Crippen LogP) is 2.23. The molecule has 1 saturated heterocycles. The lowest BCUT2D eigenvalue weighted by atomic mass is 9.99. The van der Waals surface area contributed by atoms with Crippen LogP contribution < -0.4 is 0 Å². The molecule has 106 valence electrons. The van der Waals surface area contributed by atoms with Gasteiger partial charge in [-0.1, -0.05) is 0 Å². The molecule has 0 unspecified atom stereocenters. The number of carboxylic acid groups (broad SMARTS) is 1. The fourth-order valence-corrected chi connectivity index (χ4v) is 3.54. The Labute approximate surface area is 117 Å². The third-order valence-corrected chi connectivity index (χ3v) is 3.72. The van der Waals surface area contributed by atoms with Crippen LogP contribution in [-0.2, 0) is 11.3 Å². The average molecular weight is 284 g/mol. The number of ether oxygens (including phenoxy) is 1. The van der Waals surface area contributed by atoms with E-state index < -0.39 is 5.97 Å². The minimum absolute atomic E-state index is 0.131. The Hall–Kier alpha value is -0.980. The standard InChI is InChI=1S/C13H20N2O3S/c1-12(2)7-15(8-13(3,4)18-12)5-10-14-9(6-19-10)11(16)17/h6H,5,7-8H2,1-4H3,(H,16,17). The van der Waals surface area contributed by atoms with Gasteiger partial charge in [0.15, 0.2) is 5.69 Å². The average Bonchev–Trinajstić information content (AvgIpc) is 2.60. The summed E-state index contributed by atoms with van der Waals surface area (Å²) in [5, 5.41) is 11.3. The molecule has 2 rings (SSSR count). The molecule has 0 aliphatic carbocycles. The maximum Gasteiger partial charge on any atom is 0.355 e. The Morgan fingerprint density at radius 3 is 2.47 bits per heavy atom. The van der Waals surface area contributed by atoms with Crippen molar-refractivity contribution in [1.82, 2.24) is 9.88 Å². The lowest BCUT2D eigenvalue weighted by Gasteiger charge is -2.47. The first-order valence-electron chi connectivity index (χ1n) is 6.27. The number of thiazole rings is 1. The highest BCUT2D eigenvalue weighted by Crippen LogP contribution is 2.29. The molecule has 1 aliphatic rings. The Bertz CT molecular complexity index is 466. The molecule has 0 radical (unpaired) electrons. The quantitative estimate of drug-likeness (QED) is 0.922. The zero-order valence-electron chi connectivity index (χ0n) is 11.8. The molecule has 1 aromatic rings. The van der Waals surface area contributed by atoms with Crippen LogP contribution in [0.25, 0.3) is 0 Å². The summed E-state index contributed by atoms with van der Waals surface area (Å²) in [6.07, 6.45) is 0. The van der Waals surface area contributed by atoms with Crippen LogP contribution in [-0.4, -0.2) is 45.3 Å². The van der Waals surface area contributed by atoms with Crippen LogP contribution in [0.2, 0.25) is 0 Å². The lowest BCUT2D eigenvalue weighted by molar-refractivity contribution is -0.182. The van der Waals surface area contributed by atoms with Crippen molar-refractivity contribution in [2.24, 2.45) is 0 Å². The van der Waals surface area contributed by atoms with Gasteiger partial charge in [0, 0.05) is 18.5 Å². The van der Waals surface area contributed by atoms with E-state index in [9.17, 15) is 4.79 Å². The van der Waals surface area contributed by atoms with Crippen LogP contribution in [0, 0.1) is 0 Å². The van der Waals surface area contributed by atoms with E-state index in [-0.39, 0.29) is 16.9 Å². The molecule has 0 amide bonds. The third kappa shape index (κ3) is 3.75. The van der Waals surface area contributed by atoms with Gasteiger partial charge in [-0.25, -0.2) is 9.78 Å². The fraction of sp³-hybridized carbons (Fsp3) is 0.692. The summed E-state index contributed by atoms with van der Waals surface area (Å²) in [7, 11) is 0. The Balaban J connectivity index is 2.07. The molecule has 19 heavy (non-hydrogen) atoms. The number of aromatic nitrogens is 1. The number of morpholine rings is 1. The summed E-state index contributed by atoms with van der Waals surface area (Å²) < 4.78 is 6.02. The molecule has 0 atom stereocenters. The Morgan fingerprint density at radius 2 is 2.00 bits per heavy atom. The van der Waals surface area contributed by atoms with Crippen LogP contribution in [0.4, 0.5) is 0 Å². The zero-order chi connectivity index (χ0) is 14.3. The van der Waals surface area contributed by atoms with Crippen molar-refractivity contribution < 1.29 is 14.6 Å². The zero-order valence-corrected chi connectivity index (χ0v) is 12.6. The van der Waals surface area contributed by atoms with E-state index in [4.69, 9.17) is 9.84 Å². The highest BCUT2D eigenvalue weighted by molar-refractivity contribution is 7.09. The second-order valence-corrected chi connectivity index (χ2v) is 7.14. The van der Waals surface area contributed by atoms with Crippen molar-refractivity contribution in [3.8, 4) is 0 Å². The molecular weight excluding hydrogens is 264 g/mol. The van der Waals surface area contributed by atoms with Crippen LogP contribution >= 0.6 is 11.3 Å². The number of hydrogen-bond acceptors (Lipinski definition) is 5. The molecular formula is C13H20N2O3S. The van der Waals surface area contributed by atoms with Gasteiger partial charge in [0.25, 0.3) is 0 Å². The highest BCUT2D eigenvalue weighted by Gasteiger charge is 2.38. The van der Waals surface area contributed by atoms with Crippen molar-refractivity contribution in [1.29, 1.82) is 0 Å². The van der Waals surface area contributed by atoms with Crippen molar-refractivity contribution >= 4 is 17.3 Å². The summed E-state index contributed by atoms with van der Waals surface area (Å²) in [4.78, 5) is 17.2. The molecule has 6 heteroatoms. The summed E-state index contributed by atoms with van der Waals surface area (Å²) in [5.41, 5.74) is -0.268. The normalized spacial score (nSPS) is 22.3. The van der Waals surface area contributed by atoms with E-state index in [0.717, 1.165) is 18.1 Å². The van der Waals surface area contributed by atoms with Crippen LogP contribution in [0.15, 0.2) is 5.38 Å². The summed E-state index contributed by atoms with van der Waals surface area (Å²) in [6, 6.07) is 0. The van der Waals surface area contributed by atoms with Crippen molar-refractivity contribution in [2.75, 3.05) is 13.1 Å². The van der Waals surface area contributed by atoms with E-state index in [1.165, 1.54) is 11.3 Å². The van der Waals surface area contributed by atoms with Crippen LogP contribution in [0.1, 0.15) is 43.2 Å². The summed E-state index contributed by atoms with van der Waals surface area (Å²) in [5.74, 6) is -0.967. The van der Waals surface area contributed by atoms with Crippen molar-refractivity contribution in [3.63, 3.8) is 0 Å². The predicted molar refractivity (Wildman–Crippen MR) is 73.6 cm³/mol. The monoisotopic (exact) mass is 284 g/mol. The van der Waals surface area contributed by atoms with Crippen LogP contribution in [0.5, 0.6) is 0 Å². The molecule has 0 aromatic carbocycles. The minimum atomic E-state index is -0.967. The van der Waals surface area contributed by atoms with Gasteiger partial charge in [-0.3, -0.25) is 4.90 Å². The van der Waals surface area contributed by atoms with E-state index in [0.29, 0.717) is 6.54 Å². The first kappa shape index (κ1) is 14.4. The van der Waals surface area contributed by atoms with E-state index >= 15 is 0 Å². The largest absolute Gasteiger partial charge is 0.476 e. The van der Waals surface area contributed by atoms with Crippen molar-refractivity contribution in [3.05, 3.63) is 16.1 Å². The van der Waals surface area contributed by atoms with Gasteiger partial charge in [-0.2, -0.15) is 0 Å². The topological polar surface area (TPSA) is 62.7 Å². The second-order valence-electron chi connectivity index (χ2n) is 6.20. The molecule has 0 spiro atoms. The van der Waals surface area contributed by atoms with Gasteiger partial charge in [0.1, 0.15) is 5.01 Å². The van der Waals surface area contributed by atoms with E-state index in [1.807, 2.05) is 0 Å². The van der Waals surface area contributed by atoms with E-state index in [2.05, 4.69) is 37.6 Å². The van der Waals surface area contributed by atoms with Gasteiger partial charge in [0.05, 0.1) is 17.7 Å². The molecule has 1 fully saturated rings. The maximum absolute atomic E-state index is 10.8. The summed E-state index contributed by atoms with van der Waals surface area (Å²) in [6.45, 7) is 10.6. The van der Waals surface area contributed by atoms with Gasteiger partial charge in [-0.05, 0) is 27.7 Å². The lowest BCUT2D eigenvalue weighted by Crippen LogP contribution is -2.56. The molecule has 1 aliphatic heterocycles. The van der Waals surface area contributed by atoms with Gasteiger partial charge in [0.2, 0.25) is 0 Å². The SMILES string of the molecule is CC1(C)CN(Cc2nc(C(=O)O)cs2)CC(C)(C)O1. The third-order valence-electron chi connectivity index (χ3n) is 2.89. The molecule has 5 nitrogen and oxygen atoms in total. The maximum atomic E-state index is 10.8. The Kier molecular flexibility index (Phi) is 3.68. The van der Waals surface area contributed by atoms with E-state index in [1.54, 1.807) is 5.38 Å². The number of carboxylic acids is 1. The molecule has 2 heterocycles. The van der Waals surface area contributed by atoms with Crippen molar-refractivity contribution in [2.45, 2.75) is 45.4 Å². The number of nitrogens with zero attached hydrogens (tertiary/aromatic N) is 2. The second kappa shape index (κ2) is 4.85. The molecule has 1 N–H and O–H groups in total. The van der Waals surface area contributed by atoms with Gasteiger partial charge < -0.3 is 9.84 Å². The summed E-state index contributed by atoms with van der Waals surface area (Å²) >= 11 is 1.40. The first-order chi connectivity index (χ1) is 8.67. The molecule has 0 bridgehead atoms. The van der Waals surface area contributed by atoms with Gasteiger partial charge in [-0.15, -0.1) is 11.3 Å². The van der Waals surface area contributed by atoms with Crippen LogP contribution in [0.3, 0.4) is 0 Å². The number of carbonyl (C=O) groups is 1. The number of hydrogen-bond donors (Lipinski definition) is 1. The fourth-order valence-electron chi connectivity index (χ4n) is 2.73.